The third kappa shape index (κ3) is 2.33. The molecule has 22 heavy (non-hydrogen) atoms. The molecule has 5 heteroatoms. The maximum absolute atomic E-state index is 12.5. The molecule has 3 rings (SSSR count). The van der Waals surface area contributed by atoms with Crippen LogP contribution in [0.3, 0.4) is 0 Å². The van der Waals surface area contributed by atoms with Crippen LogP contribution in [0.15, 0.2) is 57.7 Å². The van der Waals surface area contributed by atoms with Gasteiger partial charge in [-0.1, -0.05) is 36.4 Å². The summed E-state index contributed by atoms with van der Waals surface area (Å²) in [5, 5.41) is 12.9. The van der Waals surface area contributed by atoms with Crippen LogP contribution < -0.4 is 10.7 Å². The van der Waals surface area contributed by atoms with Crippen molar-refractivity contribution < 1.29 is 14.3 Å². The minimum absolute atomic E-state index is 0.109. The summed E-state index contributed by atoms with van der Waals surface area (Å²) in [5.74, 6) is -0.673. The summed E-state index contributed by atoms with van der Waals surface area (Å²) in [7, 11) is 0. The molecule has 0 bridgehead atoms. The van der Waals surface area contributed by atoms with Crippen LogP contribution in [0.5, 0.6) is 5.75 Å². The molecule has 0 saturated carbocycles. The molecule has 1 aromatic heterocycles. The fourth-order valence-corrected chi connectivity index (χ4v) is 2.31. The van der Waals surface area contributed by atoms with Crippen LogP contribution in [0.1, 0.15) is 6.92 Å². The van der Waals surface area contributed by atoms with Crippen LogP contribution in [-0.4, -0.2) is 11.0 Å². The number of aromatic hydroxyl groups is 1. The number of carbonyl (C=O) groups excluding carboxylic acids is 1. The molecule has 0 aliphatic heterocycles. The normalized spacial score (nSPS) is 10.6. The van der Waals surface area contributed by atoms with Gasteiger partial charge >= 0.3 is 0 Å². The molecule has 0 aliphatic rings. The molecule has 0 spiro atoms. The Morgan fingerprint density at radius 2 is 1.82 bits per heavy atom. The quantitative estimate of drug-likeness (QED) is 0.761. The molecule has 0 unspecified atom stereocenters. The van der Waals surface area contributed by atoms with Crippen LogP contribution in [0.25, 0.3) is 22.3 Å². The standard InChI is InChI=1S/C17H13NO4/c1-10(19)18-12-8-5-9-13-14(12)15(20)16(21)17(22-13)11-6-3-2-4-7-11/h2-9,21H,1H3,(H,18,19). The highest BCUT2D eigenvalue weighted by Crippen LogP contribution is 2.32. The molecule has 0 atom stereocenters. The number of rotatable bonds is 2. The van der Waals surface area contributed by atoms with Crippen LogP contribution in [0.4, 0.5) is 5.69 Å². The molecule has 0 fully saturated rings. The number of anilines is 1. The average Bonchev–Trinajstić information content (AvgIpc) is 2.51. The van der Waals surface area contributed by atoms with Gasteiger partial charge in [0.15, 0.2) is 5.76 Å². The van der Waals surface area contributed by atoms with Crippen LogP contribution in [0.2, 0.25) is 0 Å². The first-order valence-electron chi connectivity index (χ1n) is 6.69. The van der Waals surface area contributed by atoms with Crippen LogP contribution in [0, 0.1) is 0 Å². The molecule has 2 N–H and O–H groups in total. The van der Waals surface area contributed by atoms with E-state index < -0.39 is 11.2 Å². The van der Waals surface area contributed by atoms with Gasteiger partial charge in [-0.15, -0.1) is 0 Å². The zero-order chi connectivity index (χ0) is 15.7. The highest BCUT2D eigenvalue weighted by Gasteiger charge is 2.17. The maximum Gasteiger partial charge on any atom is 0.237 e. The molecule has 3 aromatic rings. The first kappa shape index (κ1) is 13.9. The van der Waals surface area contributed by atoms with Crippen molar-refractivity contribution in [1.29, 1.82) is 0 Å². The highest BCUT2D eigenvalue weighted by molar-refractivity contribution is 6.00. The average molecular weight is 295 g/mol. The lowest BCUT2D eigenvalue weighted by atomic mass is 10.1. The topological polar surface area (TPSA) is 79.5 Å². The van der Waals surface area contributed by atoms with Crippen molar-refractivity contribution >= 4 is 22.6 Å². The lowest BCUT2D eigenvalue weighted by Crippen LogP contribution is -2.11. The van der Waals surface area contributed by atoms with Gasteiger partial charge in [-0.05, 0) is 12.1 Å². The first-order chi connectivity index (χ1) is 10.6. The Bertz CT molecular complexity index is 913. The minimum Gasteiger partial charge on any atom is -0.502 e. The molecule has 0 saturated heterocycles. The molecular formula is C17H13NO4. The fourth-order valence-electron chi connectivity index (χ4n) is 2.31. The van der Waals surface area contributed by atoms with Crippen LogP contribution in [-0.2, 0) is 4.79 Å². The molecule has 1 heterocycles. The Morgan fingerprint density at radius 1 is 1.09 bits per heavy atom. The molecule has 2 aromatic carbocycles. The van der Waals surface area contributed by atoms with Gasteiger partial charge in [0.2, 0.25) is 17.1 Å². The van der Waals surface area contributed by atoms with Gasteiger partial charge in [0.1, 0.15) is 5.58 Å². The van der Waals surface area contributed by atoms with E-state index in [0.717, 1.165) is 0 Å². The first-order valence-corrected chi connectivity index (χ1v) is 6.69. The van der Waals surface area contributed by atoms with E-state index >= 15 is 0 Å². The predicted octanol–water partition coefficient (Wildman–Crippen LogP) is 3.12. The van der Waals surface area contributed by atoms with Gasteiger partial charge in [-0.25, -0.2) is 0 Å². The molecule has 5 nitrogen and oxygen atoms in total. The van der Waals surface area contributed by atoms with Gasteiger partial charge in [-0.2, -0.15) is 0 Å². The van der Waals surface area contributed by atoms with E-state index in [9.17, 15) is 14.7 Å². The van der Waals surface area contributed by atoms with Gasteiger partial charge in [0.05, 0.1) is 11.1 Å². The minimum atomic E-state index is -0.579. The molecule has 0 aliphatic carbocycles. The van der Waals surface area contributed by atoms with Gasteiger partial charge in [-0.3, -0.25) is 9.59 Å². The monoisotopic (exact) mass is 295 g/mol. The number of fused-ring (bicyclic) bond motifs is 1. The van der Waals surface area contributed by atoms with Crippen molar-refractivity contribution in [3.8, 4) is 17.1 Å². The number of nitrogens with one attached hydrogen (secondary N) is 1. The number of hydrogen-bond acceptors (Lipinski definition) is 4. The molecule has 0 radical (unpaired) electrons. The SMILES string of the molecule is CC(=O)Nc1cccc2oc(-c3ccccc3)c(O)c(=O)c12. The number of benzene rings is 2. The second kappa shape index (κ2) is 5.37. The van der Waals surface area contributed by atoms with Crippen molar-refractivity contribution in [2.75, 3.05) is 5.32 Å². The second-order valence-electron chi connectivity index (χ2n) is 4.83. The van der Waals surface area contributed by atoms with Gasteiger partial charge in [0, 0.05) is 12.5 Å². The van der Waals surface area contributed by atoms with E-state index in [4.69, 9.17) is 4.42 Å². The largest absolute Gasteiger partial charge is 0.502 e. The number of amides is 1. The van der Waals surface area contributed by atoms with Crippen LogP contribution >= 0.6 is 0 Å². The van der Waals surface area contributed by atoms with E-state index in [2.05, 4.69) is 5.32 Å². The van der Waals surface area contributed by atoms with E-state index in [1.807, 2.05) is 6.07 Å². The Kier molecular flexibility index (Phi) is 3.39. The smallest absolute Gasteiger partial charge is 0.237 e. The van der Waals surface area contributed by atoms with E-state index in [1.165, 1.54) is 6.92 Å². The Morgan fingerprint density at radius 3 is 2.50 bits per heavy atom. The number of carbonyl (C=O) groups is 1. The second-order valence-corrected chi connectivity index (χ2v) is 4.83. The summed E-state index contributed by atoms with van der Waals surface area (Å²) in [6, 6.07) is 13.7. The lowest BCUT2D eigenvalue weighted by molar-refractivity contribution is -0.114. The van der Waals surface area contributed by atoms with E-state index in [1.54, 1.807) is 42.5 Å². The van der Waals surface area contributed by atoms with Gasteiger partial charge < -0.3 is 14.8 Å². The fraction of sp³-hybridized carbons (Fsp3) is 0.0588. The van der Waals surface area contributed by atoms with Crippen molar-refractivity contribution in [3.05, 3.63) is 58.8 Å². The van der Waals surface area contributed by atoms with Crippen molar-refractivity contribution in [3.63, 3.8) is 0 Å². The zero-order valence-electron chi connectivity index (χ0n) is 11.8. The summed E-state index contributed by atoms with van der Waals surface area (Å²) < 4.78 is 5.68. The summed E-state index contributed by atoms with van der Waals surface area (Å²) in [6.45, 7) is 1.35. The lowest BCUT2D eigenvalue weighted by Gasteiger charge is -2.09. The van der Waals surface area contributed by atoms with Crippen molar-refractivity contribution in [2.45, 2.75) is 6.92 Å². The molecular weight excluding hydrogens is 282 g/mol. The van der Waals surface area contributed by atoms with E-state index in [-0.39, 0.29) is 17.1 Å². The predicted molar refractivity (Wildman–Crippen MR) is 83.9 cm³/mol. The highest BCUT2D eigenvalue weighted by atomic mass is 16.4. The molecule has 1 amide bonds. The summed E-state index contributed by atoms with van der Waals surface area (Å²) in [6.07, 6.45) is 0. The number of hydrogen-bond donors (Lipinski definition) is 2. The summed E-state index contributed by atoms with van der Waals surface area (Å²) in [5.41, 5.74) is 0.634. The third-order valence-corrected chi connectivity index (χ3v) is 3.24. The Balaban J connectivity index is 2.31. The maximum atomic E-state index is 12.5. The van der Waals surface area contributed by atoms with Gasteiger partial charge in [0.25, 0.3) is 0 Å². The Hall–Kier alpha value is -3.08. The van der Waals surface area contributed by atoms with Crippen molar-refractivity contribution in [1.82, 2.24) is 0 Å². The zero-order valence-corrected chi connectivity index (χ0v) is 11.8. The summed E-state index contributed by atoms with van der Waals surface area (Å²) in [4.78, 5) is 23.7. The Labute approximate surface area is 125 Å². The third-order valence-electron chi connectivity index (χ3n) is 3.24. The molecule has 110 valence electrons. The van der Waals surface area contributed by atoms with E-state index in [0.29, 0.717) is 16.8 Å². The van der Waals surface area contributed by atoms with Crippen molar-refractivity contribution in [2.24, 2.45) is 0 Å². The summed E-state index contributed by atoms with van der Waals surface area (Å²) >= 11 is 0.